The normalized spacial score (nSPS) is 16.5. The zero-order chi connectivity index (χ0) is 33.5. The Kier molecular flexibility index (Phi) is 9.38. The average molecular weight is 695 g/mol. The lowest BCUT2D eigenvalue weighted by molar-refractivity contribution is 0.0570. The Morgan fingerprint density at radius 3 is 2.45 bits per heavy atom. The average Bonchev–Trinajstić information content (AvgIpc) is 3.52. The zero-order valence-corrected chi connectivity index (χ0v) is 28.7. The second-order valence-electron chi connectivity index (χ2n) is 12.8. The second-order valence-corrected chi connectivity index (χ2v) is 14.0. The Bertz CT molecular complexity index is 1890. The molecule has 1 atom stereocenters. The number of nitriles is 1. The lowest BCUT2D eigenvalue weighted by Crippen LogP contribution is -2.52. The Morgan fingerprint density at radius 2 is 1.77 bits per heavy atom. The SMILES string of the molecule is Cc1cc(Cl)ncc1[C@H](Nc1cc(Cl)c2ncc(C#N)c(Nc3ccc(F)c(Cl)c3)c2c1)C1=CN(C2CCN(C(C)(C)C)CC2)NN1. The number of fused-ring (bicyclic) bond motifs is 1. The van der Waals surface area contributed by atoms with E-state index < -0.39 is 5.82 Å². The van der Waals surface area contributed by atoms with Crippen LogP contribution in [-0.4, -0.2) is 44.5 Å². The van der Waals surface area contributed by atoms with E-state index in [1.165, 1.54) is 18.3 Å². The third-order valence-electron chi connectivity index (χ3n) is 8.70. The fourth-order valence-corrected chi connectivity index (χ4v) is 6.77. The van der Waals surface area contributed by atoms with Crippen molar-refractivity contribution < 1.29 is 4.39 Å². The number of benzene rings is 2. The van der Waals surface area contributed by atoms with E-state index in [2.05, 4.69) is 74.5 Å². The number of nitrogens with one attached hydrogen (secondary N) is 4. The summed E-state index contributed by atoms with van der Waals surface area (Å²) in [7, 11) is 0. The number of piperidine rings is 1. The van der Waals surface area contributed by atoms with Crippen LogP contribution in [0.25, 0.3) is 10.9 Å². The van der Waals surface area contributed by atoms with E-state index in [9.17, 15) is 9.65 Å². The number of aryl methyl sites for hydroxylation is 1. The molecule has 4 N–H and O–H groups in total. The Balaban J connectivity index is 1.36. The van der Waals surface area contributed by atoms with Crippen molar-refractivity contribution in [3.8, 4) is 6.07 Å². The molecule has 2 aliphatic heterocycles. The highest BCUT2D eigenvalue weighted by molar-refractivity contribution is 6.36. The molecule has 2 aliphatic rings. The molecule has 0 amide bonds. The molecule has 0 unspecified atom stereocenters. The van der Waals surface area contributed by atoms with Crippen LogP contribution in [0.4, 0.5) is 21.5 Å². The van der Waals surface area contributed by atoms with Crippen molar-refractivity contribution in [1.29, 1.82) is 5.26 Å². The maximum Gasteiger partial charge on any atom is 0.141 e. The van der Waals surface area contributed by atoms with Crippen LogP contribution in [0.5, 0.6) is 0 Å². The van der Waals surface area contributed by atoms with Gasteiger partial charge in [0.15, 0.2) is 0 Å². The Morgan fingerprint density at radius 1 is 1.02 bits per heavy atom. The molecular weight excluding hydrogens is 660 g/mol. The molecule has 0 spiro atoms. The molecular formula is C34H35Cl3FN9. The molecule has 0 aliphatic carbocycles. The van der Waals surface area contributed by atoms with Gasteiger partial charge in [-0.25, -0.2) is 9.37 Å². The number of pyridine rings is 2. The molecule has 0 bridgehead atoms. The molecule has 2 aromatic heterocycles. The van der Waals surface area contributed by atoms with E-state index in [0.29, 0.717) is 44.2 Å². The molecule has 9 nitrogen and oxygen atoms in total. The predicted octanol–water partition coefficient (Wildman–Crippen LogP) is 8.24. The molecule has 47 heavy (non-hydrogen) atoms. The third-order valence-corrected chi connectivity index (χ3v) is 9.48. The molecule has 6 rings (SSSR count). The maximum absolute atomic E-state index is 13.9. The molecule has 13 heteroatoms. The van der Waals surface area contributed by atoms with Crippen LogP contribution in [0.2, 0.25) is 15.2 Å². The summed E-state index contributed by atoms with van der Waals surface area (Å²) in [6.45, 7) is 10.8. The molecule has 244 valence electrons. The van der Waals surface area contributed by atoms with Crippen molar-refractivity contribution in [2.24, 2.45) is 0 Å². The van der Waals surface area contributed by atoms with Gasteiger partial charge in [-0.05, 0) is 82.5 Å². The van der Waals surface area contributed by atoms with E-state index >= 15 is 0 Å². The summed E-state index contributed by atoms with van der Waals surface area (Å²) in [5.41, 5.74) is 12.1. The highest BCUT2D eigenvalue weighted by Crippen LogP contribution is 2.38. The van der Waals surface area contributed by atoms with Gasteiger partial charge < -0.3 is 16.1 Å². The Hall–Kier alpha value is -3.85. The van der Waals surface area contributed by atoms with Crippen LogP contribution >= 0.6 is 34.8 Å². The van der Waals surface area contributed by atoms with Gasteiger partial charge in [0.05, 0.1) is 38.6 Å². The third kappa shape index (κ3) is 7.05. The summed E-state index contributed by atoms with van der Waals surface area (Å²) in [6, 6.07) is 11.9. The first kappa shape index (κ1) is 33.1. The quantitative estimate of drug-likeness (QED) is 0.143. The fourth-order valence-electron chi connectivity index (χ4n) is 6.11. The van der Waals surface area contributed by atoms with E-state index in [0.717, 1.165) is 42.8 Å². The number of halogens is 4. The van der Waals surface area contributed by atoms with Gasteiger partial charge in [0.1, 0.15) is 17.0 Å². The first-order valence-electron chi connectivity index (χ1n) is 15.3. The van der Waals surface area contributed by atoms with Gasteiger partial charge in [-0.3, -0.25) is 14.9 Å². The molecule has 2 aromatic carbocycles. The van der Waals surface area contributed by atoms with E-state index in [1.54, 1.807) is 18.3 Å². The highest BCUT2D eigenvalue weighted by atomic mass is 35.5. The number of nitrogens with zero attached hydrogens (tertiary/aromatic N) is 5. The first-order chi connectivity index (χ1) is 22.4. The Labute approximate surface area is 288 Å². The molecule has 1 fully saturated rings. The number of aromatic nitrogens is 2. The van der Waals surface area contributed by atoms with Crippen molar-refractivity contribution in [2.75, 3.05) is 23.7 Å². The second kappa shape index (κ2) is 13.3. The van der Waals surface area contributed by atoms with Crippen LogP contribution in [-0.2, 0) is 0 Å². The number of rotatable bonds is 7. The lowest BCUT2D eigenvalue weighted by atomic mass is 9.97. The largest absolute Gasteiger partial charge is 0.373 e. The summed E-state index contributed by atoms with van der Waals surface area (Å²) < 4.78 is 13.9. The minimum atomic E-state index is -0.539. The van der Waals surface area contributed by atoms with E-state index in [-0.39, 0.29) is 22.2 Å². The monoisotopic (exact) mass is 693 g/mol. The number of anilines is 3. The smallest absolute Gasteiger partial charge is 0.141 e. The fraction of sp³-hybridized carbons (Fsp3) is 0.324. The van der Waals surface area contributed by atoms with Crippen LogP contribution in [0.1, 0.15) is 56.3 Å². The summed E-state index contributed by atoms with van der Waals surface area (Å²) in [5.74, 6) is -0.539. The minimum absolute atomic E-state index is 0.0400. The summed E-state index contributed by atoms with van der Waals surface area (Å²) >= 11 is 19.1. The zero-order valence-electron chi connectivity index (χ0n) is 26.4. The highest BCUT2D eigenvalue weighted by Gasteiger charge is 2.32. The molecule has 0 radical (unpaired) electrons. The minimum Gasteiger partial charge on any atom is -0.373 e. The number of hydrogen-bond acceptors (Lipinski definition) is 9. The van der Waals surface area contributed by atoms with Gasteiger partial charge in [0, 0.05) is 65.6 Å². The van der Waals surface area contributed by atoms with Gasteiger partial charge in [-0.2, -0.15) is 5.26 Å². The topological polar surface area (TPSA) is 104 Å². The van der Waals surface area contributed by atoms with Gasteiger partial charge in [0.2, 0.25) is 0 Å². The number of hydrazine groups is 2. The van der Waals surface area contributed by atoms with Gasteiger partial charge in [0.25, 0.3) is 0 Å². The van der Waals surface area contributed by atoms with E-state index in [4.69, 9.17) is 34.8 Å². The van der Waals surface area contributed by atoms with Crippen molar-refractivity contribution in [3.63, 3.8) is 0 Å². The van der Waals surface area contributed by atoms with Crippen molar-refractivity contribution >= 4 is 62.8 Å². The molecule has 4 aromatic rings. The maximum atomic E-state index is 13.9. The van der Waals surface area contributed by atoms with Crippen molar-refractivity contribution in [1.82, 2.24) is 30.8 Å². The van der Waals surface area contributed by atoms with Crippen molar-refractivity contribution in [2.45, 2.75) is 58.2 Å². The summed E-state index contributed by atoms with van der Waals surface area (Å²) in [6.07, 6.45) is 7.38. The predicted molar refractivity (Wildman–Crippen MR) is 187 cm³/mol. The van der Waals surface area contributed by atoms with Gasteiger partial charge in [-0.1, -0.05) is 34.8 Å². The molecule has 0 saturated carbocycles. The van der Waals surface area contributed by atoms with Crippen LogP contribution in [0.3, 0.4) is 0 Å². The van der Waals surface area contributed by atoms with Crippen LogP contribution < -0.4 is 21.6 Å². The first-order valence-corrected chi connectivity index (χ1v) is 16.4. The number of likely N-dealkylation sites (tertiary alicyclic amines) is 1. The molecule has 1 saturated heterocycles. The standard InChI is InChI=1S/C34H35Cl3FN9/c1-19-11-30(37)40-17-25(19)33(29-18-47(45-44-29)23-7-9-46(10-8-23)34(2,3)4)43-22-12-24-31(42-21-5-6-28(38)26(35)13-21)20(15-39)16-41-32(24)27(36)14-22/h5-6,11-14,16-18,23,33,43-45H,7-10H2,1-4H3,(H,41,42)/t33-/m0/s1. The summed E-state index contributed by atoms with van der Waals surface area (Å²) in [4.78, 5) is 11.4. The lowest BCUT2D eigenvalue weighted by Gasteiger charge is -2.42. The summed E-state index contributed by atoms with van der Waals surface area (Å²) in [5, 5.41) is 20.3. The molecule has 4 heterocycles. The van der Waals surface area contributed by atoms with Crippen LogP contribution in [0.15, 0.2) is 60.7 Å². The van der Waals surface area contributed by atoms with Gasteiger partial charge >= 0.3 is 0 Å². The number of hydrogen-bond donors (Lipinski definition) is 4. The van der Waals surface area contributed by atoms with E-state index in [1.807, 2.05) is 19.1 Å². The van der Waals surface area contributed by atoms with Crippen molar-refractivity contribution in [3.05, 3.63) is 98.4 Å². The van der Waals surface area contributed by atoms with Gasteiger partial charge in [-0.15, -0.1) is 5.53 Å². The van der Waals surface area contributed by atoms with Crippen LogP contribution in [0, 0.1) is 24.1 Å².